The molecule has 0 aromatic heterocycles. The molecule has 3 aliphatic rings. The number of anilines is 1. The van der Waals surface area contributed by atoms with Gasteiger partial charge < -0.3 is 16.2 Å². The van der Waals surface area contributed by atoms with Crippen LogP contribution >= 0.6 is 0 Å². The van der Waals surface area contributed by atoms with Crippen LogP contribution < -0.4 is 21.2 Å². The number of aryl methyl sites for hydroxylation is 1. The number of nitrogens with one attached hydrogen (secondary N) is 3. The Balaban J connectivity index is 1.44. The molecule has 0 aliphatic carbocycles. The summed E-state index contributed by atoms with van der Waals surface area (Å²) in [6.45, 7) is 7.72. The van der Waals surface area contributed by atoms with E-state index in [-0.39, 0.29) is 0 Å². The normalized spacial score (nSPS) is 27.7. The number of allylic oxidation sites excluding steroid dienone is 3. The van der Waals surface area contributed by atoms with Gasteiger partial charge >= 0.3 is 0 Å². The largest absolute Gasteiger partial charge is 0.312 e. The standard InChI is InChI=1S/C22H31N5/c1-15-11-20(27-10-4-9-23-27)6-7-21(15)22-8-5-19(25-26-22)14-18-12-16(2)24-17(3)13-18/h5-9,11,16-18,24-26H,4,10,12-14H2,1-3H3. The highest BCUT2D eigenvalue weighted by atomic mass is 15.5. The van der Waals surface area contributed by atoms with Crippen LogP contribution in [0.1, 0.15) is 50.7 Å². The first-order chi connectivity index (χ1) is 13.1. The lowest BCUT2D eigenvalue weighted by molar-refractivity contribution is 0.258. The molecule has 0 spiro atoms. The fourth-order valence-corrected chi connectivity index (χ4v) is 4.59. The molecule has 2 atom stereocenters. The van der Waals surface area contributed by atoms with E-state index >= 15 is 0 Å². The molecule has 5 heteroatoms. The van der Waals surface area contributed by atoms with Crippen LogP contribution in [0.4, 0.5) is 5.69 Å². The van der Waals surface area contributed by atoms with E-state index < -0.39 is 0 Å². The monoisotopic (exact) mass is 365 g/mol. The van der Waals surface area contributed by atoms with E-state index in [0.29, 0.717) is 12.1 Å². The van der Waals surface area contributed by atoms with Crippen LogP contribution in [0.3, 0.4) is 0 Å². The third-order valence-corrected chi connectivity index (χ3v) is 5.75. The quantitative estimate of drug-likeness (QED) is 0.762. The molecule has 3 N–H and O–H groups in total. The smallest absolute Gasteiger partial charge is 0.0615 e. The lowest BCUT2D eigenvalue weighted by Crippen LogP contribution is -2.43. The maximum atomic E-state index is 4.42. The van der Waals surface area contributed by atoms with Crippen LogP contribution in [-0.4, -0.2) is 24.8 Å². The number of hydrazine groups is 1. The summed E-state index contributed by atoms with van der Waals surface area (Å²) in [5.74, 6) is 0.744. The predicted molar refractivity (Wildman–Crippen MR) is 113 cm³/mol. The van der Waals surface area contributed by atoms with Crippen molar-refractivity contribution in [3.8, 4) is 0 Å². The Kier molecular flexibility index (Phi) is 5.21. The number of nitrogens with zero attached hydrogens (tertiary/aromatic N) is 2. The van der Waals surface area contributed by atoms with Gasteiger partial charge in [0.25, 0.3) is 0 Å². The van der Waals surface area contributed by atoms with E-state index in [1.54, 1.807) is 0 Å². The topological polar surface area (TPSA) is 51.7 Å². The molecular weight excluding hydrogens is 334 g/mol. The maximum Gasteiger partial charge on any atom is 0.0615 e. The van der Waals surface area contributed by atoms with Crippen molar-refractivity contribution < 1.29 is 0 Å². The lowest BCUT2D eigenvalue weighted by Gasteiger charge is -2.34. The Morgan fingerprint density at radius 1 is 1.11 bits per heavy atom. The Morgan fingerprint density at radius 3 is 2.56 bits per heavy atom. The van der Waals surface area contributed by atoms with Gasteiger partial charge in [0.05, 0.1) is 11.4 Å². The van der Waals surface area contributed by atoms with Gasteiger partial charge in [0.15, 0.2) is 0 Å². The number of piperidine rings is 1. The number of benzene rings is 1. The predicted octanol–water partition coefficient (Wildman–Crippen LogP) is 3.69. The van der Waals surface area contributed by atoms with E-state index in [4.69, 9.17) is 0 Å². The second-order valence-electron chi connectivity index (χ2n) is 8.24. The van der Waals surface area contributed by atoms with E-state index in [9.17, 15) is 0 Å². The summed E-state index contributed by atoms with van der Waals surface area (Å²) in [6.07, 6.45) is 11.1. The molecule has 1 aromatic carbocycles. The Labute approximate surface area is 162 Å². The average Bonchev–Trinajstić information content (AvgIpc) is 3.16. The molecule has 1 saturated heterocycles. The zero-order valence-corrected chi connectivity index (χ0v) is 16.6. The number of hydrogen-bond acceptors (Lipinski definition) is 5. The fourth-order valence-electron chi connectivity index (χ4n) is 4.59. The summed E-state index contributed by atoms with van der Waals surface area (Å²) in [6, 6.07) is 7.79. The van der Waals surface area contributed by atoms with Gasteiger partial charge in [-0.15, -0.1) is 0 Å². The van der Waals surface area contributed by atoms with Crippen molar-refractivity contribution in [3.05, 3.63) is 47.2 Å². The molecule has 0 bridgehead atoms. The van der Waals surface area contributed by atoms with Crippen LogP contribution in [0.25, 0.3) is 5.70 Å². The summed E-state index contributed by atoms with van der Waals surface area (Å²) in [5.41, 5.74) is 12.9. The highest BCUT2D eigenvalue weighted by Crippen LogP contribution is 2.28. The van der Waals surface area contributed by atoms with Gasteiger partial charge in [-0.05, 0) is 75.8 Å². The number of hydrazone groups is 1. The molecule has 1 fully saturated rings. The second kappa shape index (κ2) is 7.77. The van der Waals surface area contributed by atoms with E-state index in [1.165, 1.54) is 35.4 Å². The van der Waals surface area contributed by atoms with Gasteiger partial charge in [-0.3, -0.25) is 5.01 Å². The van der Waals surface area contributed by atoms with Crippen molar-refractivity contribution in [2.24, 2.45) is 11.0 Å². The van der Waals surface area contributed by atoms with Crippen LogP contribution in [0.5, 0.6) is 0 Å². The summed E-state index contributed by atoms with van der Waals surface area (Å²) >= 11 is 0. The van der Waals surface area contributed by atoms with E-state index in [1.807, 2.05) is 6.21 Å². The van der Waals surface area contributed by atoms with Crippen molar-refractivity contribution in [2.75, 3.05) is 11.6 Å². The number of rotatable bonds is 4. The van der Waals surface area contributed by atoms with Crippen LogP contribution in [0.2, 0.25) is 0 Å². The third-order valence-electron chi connectivity index (χ3n) is 5.75. The van der Waals surface area contributed by atoms with Crippen molar-refractivity contribution in [3.63, 3.8) is 0 Å². The van der Waals surface area contributed by atoms with E-state index in [0.717, 1.165) is 31.0 Å². The molecule has 27 heavy (non-hydrogen) atoms. The van der Waals surface area contributed by atoms with E-state index in [2.05, 4.69) is 77.4 Å². The summed E-state index contributed by atoms with van der Waals surface area (Å²) in [4.78, 5) is 0. The first-order valence-electron chi connectivity index (χ1n) is 10.2. The van der Waals surface area contributed by atoms with Crippen LogP contribution in [0.15, 0.2) is 41.1 Å². The minimum absolute atomic E-state index is 0.614. The minimum Gasteiger partial charge on any atom is -0.312 e. The van der Waals surface area contributed by atoms with Crippen molar-refractivity contribution in [2.45, 2.75) is 58.5 Å². The molecule has 0 saturated carbocycles. The van der Waals surface area contributed by atoms with Crippen LogP contribution in [0, 0.1) is 12.8 Å². The van der Waals surface area contributed by atoms with Gasteiger partial charge in [-0.2, -0.15) is 5.10 Å². The molecule has 5 nitrogen and oxygen atoms in total. The molecular formula is C22H31N5. The fraction of sp³-hybridized carbons (Fsp3) is 0.500. The SMILES string of the molecule is Cc1cc(N2CCC=N2)ccc1C1=CC=C(CC2CC(C)NC(C)C2)NN1. The van der Waals surface area contributed by atoms with Crippen LogP contribution in [-0.2, 0) is 0 Å². The minimum atomic E-state index is 0.614. The molecule has 3 heterocycles. The lowest BCUT2D eigenvalue weighted by atomic mass is 9.85. The van der Waals surface area contributed by atoms with Gasteiger partial charge in [0, 0.05) is 42.5 Å². The molecule has 3 aliphatic heterocycles. The summed E-state index contributed by atoms with van der Waals surface area (Å²) in [5, 5.41) is 10.1. The van der Waals surface area contributed by atoms with Crippen molar-refractivity contribution >= 4 is 17.6 Å². The average molecular weight is 366 g/mol. The molecule has 144 valence electrons. The maximum absolute atomic E-state index is 4.42. The Bertz CT molecular complexity index is 769. The Hall–Kier alpha value is -2.27. The zero-order chi connectivity index (χ0) is 18.8. The molecule has 2 unspecified atom stereocenters. The highest BCUT2D eigenvalue weighted by molar-refractivity contribution is 5.72. The molecule has 0 amide bonds. The van der Waals surface area contributed by atoms with Gasteiger partial charge in [0.1, 0.15) is 0 Å². The van der Waals surface area contributed by atoms with Gasteiger partial charge in [-0.1, -0.05) is 6.07 Å². The summed E-state index contributed by atoms with van der Waals surface area (Å²) < 4.78 is 0. The van der Waals surface area contributed by atoms with Gasteiger partial charge in [-0.25, -0.2) is 0 Å². The molecule has 1 aromatic rings. The molecule has 0 radical (unpaired) electrons. The Morgan fingerprint density at radius 2 is 1.93 bits per heavy atom. The highest BCUT2D eigenvalue weighted by Gasteiger charge is 2.24. The van der Waals surface area contributed by atoms with Gasteiger partial charge in [0.2, 0.25) is 0 Å². The number of hydrogen-bond donors (Lipinski definition) is 3. The second-order valence-corrected chi connectivity index (χ2v) is 8.24. The van der Waals surface area contributed by atoms with Crippen molar-refractivity contribution in [1.29, 1.82) is 0 Å². The third kappa shape index (κ3) is 4.19. The first kappa shape index (κ1) is 18.1. The summed E-state index contributed by atoms with van der Waals surface area (Å²) in [7, 11) is 0. The molecule has 4 rings (SSSR count). The van der Waals surface area contributed by atoms with Crippen molar-refractivity contribution in [1.82, 2.24) is 16.2 Å². The first-order valence-corrected chi connectivity index (χ1v) is 10.2. The zero-order valence-electron chi connectivity index (χ0n) is 16.6.